The molecule has 0 aliphatic carbocycles. The third-order valence-electron chi connectivity index (χ3n) is 3.03. The summed E-state index contributed by atoms with van der Waals surface area (Å²) in [4.78, 5) is 0. The van der Waals surface area contributed by atoms with E-state index in [-0.39, 0.29) is 5.41 Å². The van der Waals surface area contributed by atoms with Gasteiger partial charge in [0.25, 0.3) is 0 Å². The Bertz CT molecular complexity index is 377. The minimum absolute atomic E-state index is 0.111. The molecule has 2 nitrogen and oxygen atoms in total. The highest BCUT2D eigenvalue weighted by Gasteiger charge is 2.20. The number of methoxy groups -OCH3 is 1. The SMILES string of the molecule is CCNCc1cc(C(C)(C)C)c(OC)cc1C. The van der Waals surface area contributed by atoms with Crippen LogP contribution in [0.15, 0.2) is 12.1 Å². The summed E-state index contributed by atoms with van der Waals surface area (Å²) in [6.07, 6.45) is 0. The molecule has 0 bridgehead atoms. The fraction of sp³-hybridized carbons (Fsp3) is 0.600. The number of rotatable bonds is 4. The van der Waals surface area contributed by atoms with E-state index in [1.54, 1.807) is 7.11 Å². The minimum atomic E-state index is 0.111. The number of hydrogen-bond acceptors (Lipinski definition) is 2. The van der Waals surface area contributed by atoms with Gasteiger partial charge in [0.15, 0.2) is 0 Å². The maximum absolute atomic E-state index is 5.49. The monoisotopic (exact) mass is 235 g/mol. The van der Waals surface area contributed by atoms with Crippen molar-refractivity contribution >= 4 is 0 Å². The van der Waals surface area contributed by atoms with Crippen LogP contribution in [0.1, 0.15) is 44.4 Å². The highest BCUT2D eigenvalue weighted by Crippen LogP contribution is 2.33. The second-order valence-electron chi connectivity index (χ2n) is 5.51. The first-order valence-corrected chi connectivity index (χ1v) is 6.28. The molecule has 0 atom stereocenters. The van der Waals surface area contributed by atoms with Crippen molar-refractivity contribution in [2.24, 2.45) is 0 Å². The zero-order chi connectivity index (χ0) is 13.1. The summed E-state index contributed by atoms with van der Waals surface area (Å²) in [7, 11) is 1.74. The van der Waals surface area contributed by atoms with Crippen molar-refractivity contribution in [1.29, 1.82) is 0 Å². The van der Waals surface area contributed by atoms with Gasteiger partial charge in [0, 0.05) is 6.54 Å². The van der Waals surface area contributed by atoms with Crippen LogP contribution < -0.4 is 10.1 Å². The Morgan fingerprint density at radius 1 is 1.24 bits per heavy atom. The predicted molar refractivity (Wildman–Crippen MR) is 73.8 cm³/mol. The number of hydrogen-bond donors (Lipinski definition) is 1. The van der Waals surface area contributed by atoms with E-state index in [2.05, 4.69) is 52.1 Å². The van der Waals surface area contributed by atoms with Gasteiger partial charge in [-0.25, -0.2) is 0 Å². The number of aryl methyl sites for hydroxylation is 1. The lowest BCUT2D eigenvalue weighted by Gasteiger charge is -2.24. The zero-order valence-electron chi connectivity index (χ0n) is 12.0. The van der Waals surface area contributed by atoms with Crippen LogP contribution in [0.25, 0.3) is 0 Å². The van der Waals surface area contributed by atoms with Crippen molar-refractivity contribution in [3.8, 4) is 5.75 Å². The Balaban J connectivity index is 3.18. The van der Waals surface area contributed by atoms with E-state index in [9.17, 15) is 0 Å². The lowest BCUT2D eigenvalue weighted by molar-refractivity contribution is 0.397. The highest BCUT2D eigenvalue weighted by molar-refractivity contribution is 5.45. The molecule has 0 amide bonds. The third-order valence-corrected chi connectivity index (χ3v) is 3.03. The molecule has 0 unspecified atom stereocenters. The van der Waals surface area contributed by atoms with Crippen LogP contribution in [0, 0.1) is 6.92 Å². The summed E-state index contributed by atoms with van der Waals surface area (Å²) in [6.45, 7) is 12.8. The second kappa shape index (κ2) is 5.54. The molecule has 1 aromatic carbocycles. The fourth-order valence-corrected chi connectivity index (χ4v) is 1.93. The van der Waals surface area contributed by atoms with E-state index in [1.165, 1.54) is 16.7 Å². The van der Waals surface area contributed by atoms with Crippen LogP contribution in [0.5, 0.6) is 5.75 Å². The molecule has 1 aromatic rings. The molecular weight excluding hydrogens is 210 g/mol. The Morgan fingerprint density at radius 2 is 1.88 bits per heavy atom. The van der Waals surface area contributed by atoms with Crippen molar-refractivity contribution in [3.05, 3.63) is 28.8 Å². The molecule has 1 N–H and O–H groups in total. The summed E-state index contributed by atoms with van der Waals surface area (Å²) in [5.74, 6) is 0.996. The van der Waals surface area contributed by atoms with Gasteiger partial charge >= 0.3 is 0 Å². The number of nitrogens with one attached hydrogen (secondary N) is 1. The number of ether oxygens (including phenoxy) is 1. The maximum atomic E-state index is 5.49. The summed E-state index contributed by atoms with van der Waals surface area (Å²) in [6, 6.07) is 4.42. The van der Waals surface area contributed by atoms with Crippen molar-refractivity contribution in [2.45, 2.75) is 46.6 Å². The van der Waals surface area contributed by atoms with Crippen LogP contribution in [-0.4, -0.2) is 13.7 Å². The van der Waals surface area contributed by atoms with Crippen LogP contribution in [0.4, 0.5) is 0 Å². The predicted octanol–water partition coefficient (Wildman–Crippen LogP) is 3.41. The first kappa shape index (κ1) is 14.0. The van der Waals surface area contributed by atoms with Gasteiger partial charge in [-0.05, 0) is 41.6 Å². The molecule has 0 saturated heterocycles. The normalized spacial score (nSPS) is 11.6. The van der Waals surface area contributed by atoms with E-state index in [0.717, 1.165) is 18.8 Å². The van der Waals surface area contributed by atoms with Crippen molar-refractivity contribution < 1.29 is 4.74 Å². The van der Waals surface area contributed by atoms with E-state index < -0.39 is 0 Å². The first-order chi connectivity index (χ1) is 7.90. The third kappa shape index (κ3) is 3.47. The Morgan fingerprint density at radius 3 is 2.35 bits per heavy atom. The van der Waals surface area contributed by atoms with Crippen molar-refractivity contribution in [3.63, 3.8) is 0 Å². The van der Waals surface area contributed by atoms with E-state index in [0.29, 0.717) is 0 Å². The molecule has 0 radical (unpaired) electrons. The molecule has 0 aliphatic rings. The van der Waals surface area contributed by atoms with Gasteiger partial charge in [0.2, 0.25) is 0 Å². The van der Waals surface area contributed by atoms with Gasteiger partial charge in [-0.2, -0.15) is 0 Å². The van der Waals surface area contributed by atoms with Gasteiger partial charge in [0.05, 0.1) is 7.11 Å². The largest absolute Gasteiger partial charge is 0.496 e. The van der Waals surface area contributed by atoms with Crippen molar-refractivity contribution in [2.75, 3.05) is 13.7 Å². The molecule has 0 saturated carbocycles. The van der Waals surface area contributed by atoms with Crippen LogP contribution in [0.3, 0.4) is 0 Å². The molecule has 0 heterocycles. The first-order valence-electron chi connectivity index (χ1n) is 6.28. The Kier molecular flexibility index (Phi) is 4.58. The molecule has 17 heavy (non-hydrogen) atoms. The molecule has 0 fully saturated rings. The lowest BCUT2D eigenvalue weighted by atomic mass is 9.84. The van der Waals surface area contributed by atoms with E-state index in [1.807, 2.05) is 0 Å². The standard InChI is InChI=1S/C15H25NO/c1-7-16-10-12-9-13(15(3,4)5)14(17-6)8-11(12)2/h8-9,16H,7,10H2,1-6H3. The molecule has 2 heteroatoms. The Hall–Kier alpha value is -1.02. The zero-order valence-corrected chi connectivity index (χ0v) is 12.0. The van der Waals surface area contributed by atoms with Gasteiger partial charge in [0.1, 0.15) is 5.75 Å². The second-order valence-corrected chi connectivity index (χ2v) is 5.51. The van der Waals surface area contributed by atoms with Crippen LogP contribution in [-0.2, 0) is 12.0 Å². The summed E-state index contributed by atoms with van der Waals surface area (Å²) in [5.41, 5.74) is 4.03. The average molecular weight is 235 g/mol. The average Bonchev–Trinajstić information content (AvgIpc) is 2.25. The maximum Gasteiger partial charge on any atom is 0.122 e. The van der Waals surface area contributed by atoms with E-state index >= 15 is 0 Å². The van der Waals surface area contributed by atoms with Crippen molar-refractivity contribution in [1.82, 2.24) is 5.32 Å². The van der Waals surface area contributed by atoms with Gasteiger partial charge in [-0.15, -0.1) is 0 Å². The van der Waals surface area contributed by atoms with Gasteiger partial charge < -0.3 is 10.1 Å². The molecule has 0 aliphatic heterocycles. The lowest BCUT2D eigenvalue weighted by Crippen LogP contribution is -2.17. The van der Waals surface area contributed by atoms with Gasteiger partial charge in [-0.3, -0.25) is 0 Å². The topological polar surface area (TPSA) is 21.3 Å². The van der Waals surface area contributed by atoms with Gasteiger partial charge in [-0.1, -0.05) is 33.8 Å². The summed E-state index contributed by atoms with van der Waals surface area (Å²) < 4.78 is 5.49. The fourth-order valence-electron chi connectivity index (χ4n) is 1.93. The molecule has 96 valence electrons. The molecule has 1 rings (SSSR count). The van der Waals surface area contributed by atoms with E-state index in [4.69, 9.17) is 4.74 Å². The summed E-state index contributed by atoms with van der Waals surface area (Å²) >= 11 is 0. The molecule has 0 aromatic heterocycles. The number of benzene rings is 1. The molecule has 0 spiro atoms. The highest BCUT2D eigenvalue weighted by atomic mass is 16.5. The smallest absolute Gasteiger partial charge is 0.122 e. The summed E-state index contributed by atoms with van der Waals surface area (Å²) in [5, 5.41) is 3.38. The van der Waals surface area contributed by atoms with Crippen LogP contribution in [0.2, 0.25) is 0 Å². The minimum Gasteiger partial charge on any atom is -0.496 e. The molecular formula is C15H25NO. The van der Waals surface area contributed by atoms with Crippen LogP contribution >= 0.6 is 0 Å². The Labute approximate surface area is 105 Å². The quantitative estimate of drug-likeness (QED) is 0.863.